The molecule has 6 nitrogen and oxygen atoms in total. The molecule has 0 saturated heterocycles. The maximum Gasteiger partial charge on any atom is 0.331 e. The molecule has 0 fully saturated rings. The molecule has 0 spiro atoms. The molecule has 0 unspecified atom stereocenters. The van der Waals surface area contributed by atoms with E-state index >= 15 is 0 Å². The Morgan fingerprint density at radius 2 is 1.93 bits per heavy atom. The number of carbonyl (C=O) groups excluding carboxylic acids is 2. The second kappa shape index (κ2) is 9.33. The van der Waals surface area contributed by atoms with Gasteiger partial charge >= 0.3 is 5.97 Å². The summed E-state index contributed by atoms with van der Waals surface area (Å²) in [6.07, 6.45) is 2.58. The Labute approximate surface area is 154 Å². The molecule has 0 heterocycles. The van der Waals surface area contributed by atoms with Crippen LogP contribution in [0.4, 0.5) is 8.78 Å². The van der Waals surface area contributed by atoms with Crippen molar-refractivity contribution in [2.24, 2.45) is 5.73 Å². The van der Waals surface area contributed by atoms with E-state index in [0.29, 0.717) is 17.1 Å². The third kappa shape index (κ3) is 5.81. The van der Waals surface area contributed by atoms with Crippen LogP contribution in [0.25, 0.3) is 6.08 Å². The molecule has 0 bridgehead atoms. The van der Waals surface area contributed by atoms with Crippen LogP contribution in [0.5, 0.6) is 11.5 Å². The summed E-state index contributed by atoms with van der Waals surface area (Å²) in [5, 5.41) is 0. The number of amides is 1. The Balaban J connectivity index is 1.98. The third-order valence-corrected chi connectivity index (χ3v) is 3.37. The zero-order chi connectivity index (χ0) is 19.8. The van der Waals surface area contributed by atoms with Gasteiger partial charge in [0.2, 0.25) is 0 Å². The summed E-state index contributed by atoms with van der Waals surface area (Å²) in [6, 6.07) is 8.37. The van der Waals surface area contributed by atoms with Gasteiger partial charge in [-0.15, -0.1) is 0 Å². The number of primary amides is 1. The minimum absolute atomic E-state index is 0.0608. The number of hydrogen-bond donors (Lipinski definition) is 1. The summed E-state index contributed by atoms with van der Waals surface area (Å²) in [4.78, 5) is 22.5. The quantitative estimate of drug-likeness (QED) is 0.564. The van der Waals surface area contributed by atoms with Crippen molar-refractivity contribution in [2.75, 3.05) is 13.7 Å². The van der Waals surface area contributed by atoms with Gasteiger partial charge in [-0.05, 0) is 29.8 Å². The summed E-state index contributed by atoms with van der Waals surface area (Å²) in [7, 11) is 1.42. The van der Waals surface area contributed by atoms with Gasteiger partial charge in [0.1, 0.15) is 6.61 Å². The van der Waals surface area contributed by atoms with E-state index in [9.17, 15) is 18.4 Å². The van der Waals surface area contributed by atoms with Gasteiger partial charge in [0, 0.05) is 11.6 Å². The number of rotatable bonds is 8. The monoisotopic (exact) mass is 377 g/mol. The molecule has 0 aliphatic rings. The van der Waals surface area contributed by atoms with E-state index in [4.69, 9.17) is 19.9 Å². The number of carbonyl (C=O) groups is 2. The summed E-state index contributed by atoms with van der Waals surface area (Å²) < 4.78 is 41.8. The van der Waals surface area contributed by atoms with Gasteiger partial charge in [-0.3, -0.25) is 4.79 Å². The maximum absolute atomic E-state index is 13.5. The van der Waals surface area contributed by atoms with Gasteiger partial charge in [-0.1, -0.05) is 18.2 Å². The van der Waals surface area contributed by atoms with Crippen molar-refractivity contribution in [1.82, 2.24) is 0 Å². The van der Waals surface area contributed by atoms with E-state index in [2.05, 4.69) is 0 Å². The number of esters is 1. The third-order valence-electron chi connectivity index (χ3n) is 3.37. The van der Waals surface area contributed by atoms with Crippen molar-refractivity contribution in [1.29, 1.82) is 0 Å². The highest BCUT2D eigenvalue weighted by atomic mass is 19.2. The van der Waals surface area contributed by atoms with Crippen LogP contribution in [0.1, 0.15) is 11.1 Å². The second-order valence-corrected chi connectivity index (χ2v) is 5.32. The molecule has 2 aromatic carbocycles. The lowest BCUT2D eigenvalue weighted by atomic mass is 10.2. The number of halogens is 2. The van der Waals surface area contributed by atoms with Crippen LogP contribution in [-0.4, -0.2) is 25.6 Å². The molecule has 0 saturated carbocycles. The number of methoxy groups -OCH3 is 1. The van der Waals surface area contributed by atoms with Crippen LogP contribution in [0.3, 0.4) is 0 Å². The first-order valence-corrected chi connectivity index (χ1v) is 7.77. The normalized spacial score (nSPS) is 10.6. The molecule has 27 heavy (non-hydrogen) atoms. The Bertz CT molecular complexity index is 867. The van der Waals surface area contributed by atoms with E-state index in [1.807, 2.05) is 0 Å². The zero-order valence-electron chi connectivity index (χ0n) is 14.4. The molecule has 1 amide bonds. The van der Waals surface area contributed by atoms with Crippen LogP contribution >= 0.6 is 0 Å². The number of hydrogen-bond acceptors (Lipinski definition) is 5. The Hall–Kier alpha value is -3.42. The van der Waals surface area contributed by atoms with Crippen LogP contribution in [0.2, 0.25) is 0 Å². The summed E-state index contributed by atoms with van der Waals surface area (Å²) in [5.74, 6) is -2.76. The van der Waals surface area contributed by atoms with Gasteiger partial charge in [-0.25, -0.2) is 13.6 Å². The fourth-order valence-corrected chi connectivity index (χ4v) is 2.08. The Morgan fingerprint density at radius 1 is 1.15 bits per heavy atom. The second-order valence-electron chi connectivity index (χ2n) is 5.32. The van der Waals surface area contributed by atoms with Crippen molar-refractivity contribution in [3.05, 3.63) is 65.2 Å². The highest BCUT2D eigenvalue weighted by Crippen LogP contribution is 2.28. The number of benzene rings is 2. The standard InChI is InChI=1S/C19H17F2NO5/c1-25-16-9-12(5-7-15(16)26-11-17(22)23)6-8-18(24)27-10-13-3-2-4-14(20)19(13)21/h2-9H,10-11H2,1H3,(H2,22,23)/b8-6+. The van der Waals surface area contributed by atoms with Crippen molar-refractivity contribution in [3.8, 4) is 11.5 Å². The lowest BCUT2D eigenvalue weighted by Gasteiger charge is -2.10. The van der Waals surface area contributed by atoms with Gasteiger partial charge in [0.15, 0.2) is 29.7 Å². The largest absolute Gasteiger partial charge is 0.493 e. The molecule has 2 N–H and O–H groups in total. The first-order valence-electron chi connectivity index (χ1n) is 7.77. The van der Waals surface area contributed by atoms with Crippen molar-refractivity contribution >= 4 is 18.0 Å². The average molecular weight is 377 g/mol. The number of nitrogens with two attached hydrogens (primary N) is 1. The predicted octanol–water partition coefficient (Wildman–Crippen LogP) is 2.59. The summed E-state index contributed by atoms with van der Waals surface area (Å²) in [5.41, 5.74) is 5.55. The Kier molecular flexibility index (Phi) is 6.87. The van der Waals surface area contributed by atoms with Gasteiger partial charge < -0.3 is 19.9 Å². The topological polar surface area (TPSA) is 87.8 Å². The fraction of sp³-hybridized carbons (Fsp3) is 0.158. The highest BCUT2D eigenvalue weighted by Gasteiger charge is 2.09. The number of ether oxygens (including phenoxy) is 3. The minimum atomic E-state index is -1.05. The molecular weight excluding hydrogens is 360 g/mol. The highest BCUT2D eigenvalue weighted by molar-refractivity contribution is 5.87. The van der Waals surface area contributed by atoms with Crippen molar-refractivity contribution in [3.63, 3.8) is 0 Å². The summed E-state index contributed by atoms with van der Waals surface area (Å²) >= 11 is 0. The molecule has 142 valence electrons. The molecule has 0 aliphatic carbocycles. The molecular formula is C19H17F2NO5. The van der Waals surface area contributed by atoms with Crippen LogP contribution in [0, 0.1) is 11.6 Å². The molecule has 2 rings (SSSR count). The van der Waals surface area contributed by atoms with Gasteiger partial charge in [0.25, 0.3) is 5.91 Å². The van der Waals surface area contributed by atoms with Gasteiger partial charge in [0.05, 0.1) is 7.11 Å². The molecule has 0 aromatic heterocycles. The van der Waals surface area contributed by atoms with E-state index < -0.39 is 30.1 Å². The fourth-order valence-electron chi connectivity index (χ4n) is 2.08. The van der Waals surface area contributed by atoms with Gasteiger partial charge in [-0.2, -0.15) is 0 Å². The minimum Gasteiger partial charge on any atom is -0.493 e. The van der Waals surface area contributed by atoms with E-state index in [-0.39, 0.29) is 12.2 Å². The predicted molar refractivity (Wildman–Crippen MR) is 92.9 cm³/mol. The summed E-state index contributed by atoms with van der Waals surface area (Å²) in [6.45, 7) is -0.690. The molecule has 8 heteroatoms. The zero-order valence-corrected chi connectivity index (χ0v) is 14.4. The van der Waals surface area contributed by atoms with Crippen molar-refractivity contribution < 1.29 is 32.6 Å². The first-order chi connectivity index (χ1) is 12.9. The van der Waals surface area contributed by atoms with E-state index in [0.717, 1.165) is 12.1 Å². The first kappa shape index (κ1) is 19.9. The molecule has 0 radical (unpaired) electrons. The van der Waals surface area contributed by atoms with Crippen LogP contribution < -0.4 is 15.2 Å². The van der Waals surface area contributed by atoms with Crippen LogP contribution in [0.15, 0.2) is 42.5 Å². The van der Waals surface area contributed by atoms with Crippen molar-refractivity contribution in [2.45, 2.75) is 6.61 Å². The average Bonchev–Trinajstić information content (AvgIpc) is 2.66. The SMILES string of the molecule is COc1cc(/C=C/C(=O)OCc2cccc(F)c2F)ccc1OCC(N)=O. The smallest absolute Gasteiger partial charge is 0.331 e. The van der Waals surface area contributed by atoms with E-state index in [1.54, 1.807) is 18.2 Å². The van der Waals surface area contributed by atoms with Crippen LogP contribution in [-0.2, 0) is 20.9 Å². The molecule has 0 atom stereocenters. The lowest BCUT2D eigenvalue weighted by Crippen LogP contribution is -2.20. The molecule has 2 aromatic rings. The maximum atomic E-state index is 13.5. The van der Waals surface area contributed by atoms with E-state index in [1.165, 1.54) is 25.3 Å². The lowest BCUT2D eigenvalue weighted by molar-refractivity contribution is -0.139. The molecule has 0 aliphatic heterocycles. The Morgan fingerprint density at radius 3 is 2.63 bits per heavy atom.